The number of carbonyl (C=O) groups is 2. The first-order chi connectivity index (χ1) is 21.7. The van der Waals surface area contributed by atoms with E-state index in [4.69, 9.17) is 9.47 Å². The Hall–Kier alpha value is -4.82. The fraction of sp³-hybridized carbons (Fsp3) is 0.300. The number of aryl methyl sites for hydroxylation is 2. The number of rotatable bonds is 11. The molecular weight excluding hydrogens is 558 g/mol. The normalized spacial score (nSPS) is 13.0. The van der Waals surface area contributed by atoms with Gasteiger partial charge in [0, 0.05) is 25.1 Å². The summed E-state index contributed by atoms with van der Waals surface area (Å²) in [5.74, 6) is -1.20. The van der Waals surface area contributed by atoms with E-state index in [1.54, 1.807) is 30.9 Å². The predicted molar refractivity (Wildman–Crippen MR) is 182 cm³/mol. The Morgan fingerprint density at radius 3 is 2.00 bits per heavy atom. The molecule has 1 amide bonds. The molecule has 0 saturated carbocycles. The number of nitrogens with zero attached hydrogens (tertiary/aromatic N) is 1. The van der Waals surface area contributed by atoms with Gasteiger partial charge in [-0.15, -0.1) is 12.8 Å². The molecule has 232 valence electrons. The first kappa shape index (κ1) is 33.1. The van der Waals surface area contributed by atoms with E-state index in [9.17, 15) is 9.59 Å². The van der Waals surface area contributed by atoms with Crippen LogP contribution in [0.25, 0.3) is 11.1 Å². The van der Waals surface area contributed by atoms with Crippen molar-refractivity contribution in [2.45, 2.75) is 78.6 Å². The summed E-state index contributed by atoms with van der Waals surface area (Å²) in [7, 11) is 0. The van der Waals surface area contributed by atoms with E-state index in [2.05, 4.69) is 87.4 Å². The largest absolute Gasteiger partial charge is 0.452 e. The molecule has 0 spiro atoms. The van der Waals surface area contributed by atoms with E-state index in [1.165, 1.54) is 36.8 Å². The van der Waals surface area contributed by atoms with Crippen LogP contribution in [0.15, 0.2) is 91.0 Å². The molecule has 5 heteroatoms. The number of terminal acetylenes is 1. The van der Waals surface area contributed by atoms with Crippen LogP contribution in [-0.4, -0.2) is 17.7 Å². The predicted octanol–water partition coefficient (Wildman–Crippen LogP) is 9.56. The Morgan fingerprint density at radius 2 is 1.36 bits per heavy atom. The molecule has 1 aliphatic rings. The number of benzene rings is 4. The maximum atomic E-state index is 14.0. The highest BCUT2D eigenvalue weighted by Gasteiger charge is 2.34. The minimum atomic E-state index is -1.04. The van der Waals surface area contributed by atoms with Gasteiger partial charge < -0.3 is 14.4 Å². The number of anilines is 1. The van der Waals surface area contributed by atoms with Crippen LogP contribution >= 0.6 is 0 Å². The maximum Gasteiger partial charge on any atom is 0.345 e. The van der Waals surface area contributed by atoms with Gasteiger partial charge in [-0.3, -0.25) is 4.79 Å². The molecule has 0 bridgehead atoms. The van der Waals surface area contributed by atoms with Crippen molar-refractivity contribution in [2.75, 3.05) is 4.90 Å². The lowest BCUT2D eigenvalue weighted by Crippen LogP contribution is -2.39. The standard InChI is InChI=1S/C38H41NO4.C2H2/c1-5-6-7-8-9-10-28-13-21-32(22-14-28)36(40)39(33-23-24-35-34(25-33)37(41)43-38(3,4)42-35)26-29-15-19-31(20-16-29)30-17-11-27(2)12-18-30;1-2/h11-25H,5-10,26H2,1-4H3;1-2H. The first-order valence-electron chi connectivity index (χ1n) is 15.7. The summed E-state index contributed by atoms with van der Waals surface area (Å²) in [5, 5.41) is 0. The van der Waals surface area contributed by atoms with E-state index < -0.39 is 11.8 Å². The van der Waals surface area contributed by atoms with Crippen LogP contribution in [0.5, 0.6) is 5.75 Å². The molecule has 0 saturated heterocycles. The van der Waals surface area contributed by atoms with E-state index >= 15 is 0 Å². The lowest BCUT2D eigenvalue weighted by Gasteiger charge is -2.32. The second-order valence-corrected chi connectivity index (χ2v) is 11.9. The molecule has 0 radical (unpaired) electrons. The van der Waals surface area contributed by atoms with Crippen LogP contribution in [0.4, 0.5) is 5.69 Å². The van der Waals surface area contributed by atoms with Gasteiger partial charge in [0.05, 0.1) is 6.54 Å². The number of ether oxygens (including phenoxy) is 2. The zero-order valence-electron chi connectivity index (χ0n) is 26.8. The second-order valence-electron chi connectivity index (χ2n) is 11.9. The molecule has 0 aromatic heterocycles. The summed E-state index contributed by atoms with van der Waals surface area (Å²) in [6, 6.07) is 29.9. The Bertz CT molecular complexity index is 1600. The second kappa shape index (κ2) is 15.3. The molecule has 1 aliphatic heterocycles. The number of hydrogen-bond acceptors (Lipinski definition) is 4. The fourth-order valence-corrected chi connectivity index (χ4v) is 5.41. The van der Waals surface area contributed by atoms with Gasteiger partial charge in [-0.1, -0.05) is 98.8 Å². The van der Waals surface area contributed by atoms with Gasteiger partial charge in [-0.25, -0.2) is 4.79 Å². The molecule has 5 nitrogen and oxygen atoms in total. The molecule has 0 unspecified atom stereocenters. The quantitative estimate of drug-likeness (QED) is 0.0976. The number of amides is 1. The van der Waals surface area contributed by atoms with Crippen molar-refractivity contribution in [3.8, 4) is 29.7 Å². The number of unbranched alkanes of at least 4 members (excludes halogenated alkanes) is 4. The molecular formula is C40H43NO4. The summed E-state index contributed by atoms with van der Waals surface area (Å²) in [6.45, 7) is 8.05. The lowest BCUT2D eigenvalue weighted by atomic mass is 10.0. The maximum absolute atomic E-state index is 14.0. The average Bonchev–Trinajstić information content (AvgIpc) is 3.05. The zero-order chi connectivity index (χ0) is 32.4. The minimum absolute atomic E-state index is 0.137. The van der Waals surface area contributed by atoms with Crippen LogP contribution in [0.2, 0.25) is 0 Å². The molecule has 0 atom stereocenters. The molecule has 5 rings (SSSR count). The smallest absolute Gasteiger partial charge is 0.345 e. The van der Waals surface area contributed by atoms with Gasteiger partial charge in [0.2, 0.25) is 5.79 Å². The van der Waals surface area contributed by atoms with Crippen LogP contribution in [-0.2, 0) is 17.7 Å². The van der Waals surface area contributed by atoms with Crippen molar-refractivity contribution in [2.24, 2.45) is 0 Å². The summed E-state index contributed by atoms with van der Waals surface area (Å²) in [4.78, 5) is 28.6. The first-order valence-corrected chi connectivity index (χ1v) is 15.7. The van der Waals surface area contributed by atoms with Crippen LogP contribution in [0.1, 0.15) is 90.3 Å². The van der Waals surface area contributed by atoms with Gasteiger partial charge in [0.25, 0.3) is 5.91 Å². The van der Waals surface area contributed by atoms with Crippen LogP contribution < -0.4 is 9.64 Å². The van der Waals surface area contributed by atoms with Crippen molar-refractivity contribution in [1.82, 2.24) is 0 Å². The summed E-state index contributed by atoms with van der Waals surface area (Å²) >= 11 is 0. The Kier molecular flexibility index (Phi) is 11.2. The molecule has 0 aliphatic carbocycles. The monoisotopic (exact) mass is 601 g/mol. The number of carbonyl (C=O) groups excluding carboxylic acids is 2. The van der Waals surface area contributed by atoms with Crippen molar-refractivity contribution in [3.05, 3.63) is 119 Å². The summed E-state index contributed by atoms with van der Waals surface area (Å²) in [5.41, 5.74) is 7.21. The van der Waals surface area contributed by atoms with Crippen molar-refractivity contribution in [1.29, 1.82) is 0 Å². The summed E-state index contributed by atoms with van der Waals surface area (Å²) < 4.78 is 11.3. The average molecular weight is 602 g/mol. The van der Waals surface area contributed by atoms with Crippen molar-refractivity contribution < 1.29 is 19.1 Å². The van der Waals surface area contributed by atoms with Gasteiger partial charge in [0.15, 0.2) is 0 Å². The van der Waals surface area contributed by atoms with E-state index in [-0.39, 0.29) is 5.91 Å². The molecule has 4 aromatic rings. The van der Waals surface area contributed by atoms with Gasteiger partial charge in [0.1, 0.15) is 11.3 Å². The van der Waals surface area contributed by atoms with Crippen LogP contribution in [0, 0.1) is 19.8 Å². The van der Waals surface area contributed by atoms with Gasteiger partial charge in [-0.05, 0) is 72.4 Å². The topological polar surface area (TPSA) is 55.8 Å². The van der Waals surface area contributed by atoms with Crippen molar-refractivity contribution in [3.63, 3.8) is 0 Å². The Labute approximate surface area is 268 Å². The SMILES string of the molecule is C#C.CCCCCCCc1ccc(C(=O)N(Cc2ccc(-c3ccc(C)cc3)cc2)c2ccc3c(c2)C(=O)OC(C)(C)O3)cc1. The molecule has 4 aromatic carbocycles. The highest BCUT2D eigenvalue weighted by Crippen LogP contribution is 2.35. The van der Waals surface area contributed by atoms with Gasteiger partial charge >= 0.3 is 5.97 Å². The number of hydrogen-bond donors (Lipinski definition) is 0. The molecule has 45 heavy (non-hydrogen) atoms. The zero-order valence-corrected chi connectivity index (χ0v) is 26.8. The van der Waals surface area contributed by atoms with Gasteiger partial charge in [-0.2, -0.15) is 0 Å². The van der Waals surface area contributed by atoms with Crippen molar-refractivity contribution >= 4 is 17.6 Å². The third-order valence-corrected chi connectivity index (χ3v) is 7.88. The third-order valence-electron chi connectivity index (χ3n) is 7.88. The molecule has 1 heterocycles. The van der Waals surface area contributed by atoms with E-state index in [0.717, 1.165) is 29.5 Å². The fourth-order valence-electron chi connectivity index (χ4n) is 5.41. The van der Waals surface area contributed by atoms with Crippen LogP contribution in [0.3, 0.4) is 0 Å². The highest BCUT2D eigenvalue weighted by atomic mass is 16.7. The Morgan fingerprint density at radius 1 is 0.756 bits per heavy atom. The lowest BCUT2D eigenvalue weighted by molar-refractivity contribution is -0.127. The van der Waals surface area contributed by atoms with E-state index in [1.807, 2.05) is 18.2 Å². The molecule has 0 N–H and O–H groups in total. The minimum Gasteiger partial charge on any atom is -0.452 e. The number of cyclic esters (lactones) is 1. The highest BCUT2D eigenvalue weighted by molar-refractivity contribution is 6.07. The van der Waals surface area contributed by atoms with E-state index in [0.29, 0.717) is 29.1 Å². The summed E-state index contributed by atoms with van der Waals surface area (Å²) in [6.07, 6.45) is 15.2. The third kappa shape index (κ3) is 8.64. The number of esters is 1. The molecule has 0 fully saturated rings. The number of fused-ring (bicyclic) bond motifs is 1. The Balaban J connectivity index is 0.00000226.